The predicted molar refractivity (Wildman–Crippen MR) is 64.2 cm³/mol. The van der Waals surface area contributed by atoms with Gasteiger partial charge in [-0.25, -0.2) is 9.97 Å². The van der Waals surface area contributed by atoms with Crippen molar-refractivity contribution in [3.8, 4) is 0 Å². The van der Waals surface area contributed by atoms with Gasteiger partial charge in [-0.05, 0) is 29.3 Å². The van der Waals surface area contributed by atoms with Crippen LogP contribution in [0.4, 0.5) is 5.95 Å². The lowest BCUT2D eigenvalue weighted by Gasteiger charge is -2.25. The Hall–Kier alpha value is -1.17. The van der Waals surface area contributed by atoms with Crippen molar-refractivity contribution in [1.82, 2.24) is 15.3 Å². The van der Waals surface area contributed by atoms with Crippen LogP contribution in [0.25, 0.3) is 0 Å². The lowest BCUT2D eigenvalue weighted by molar-refractivity contribution is -0.120. The van der Waals surface area contributed by atoms with E-state index in [0.29, 0.717) is 5.95 Å². The molecule has 1 aromatic rings. The van der Waals surface area contributed by atoms with Crippen LogP contribution in [0, 0.1) is 0 Å². The molecule has 16 heavy (non-hydrogen) atoms. The molecule has 0 unspecified atom stereocenters. The van der Waals surface area contributed by atoms with Crippen LogP contribution in [-0.4, -0.2) is 35.0 Å². The molecule has 1 N–H and O–H groups in total. The molecule has 1 aromatic heterocycles. The molecule has 5 nitrogen and oxygen atoms in total. The number of hydrogen-bond acceptors (Lipinski definition) is 4. The molecule has 6 heteroatoms. The fourth-order valence-corrected chi connectivity index (χ4v) is 2.04. The molecule has 2 heterocycles. The molecule has 0 radical (unpaired) electrons. The fraction of sp³-hybridized carbons (Fsp3) is 0.500. The Morgan fingerprint density at radius 1 is 1.56 bits per heavy atom. The summed E-state index contributed by atoms with van der Waals surface area (Å²) in [5, 5.41) is 2.82. The molecule has 1 aliphatic heterocycles. The predicted octanol–water partition coefficient (Wildman–Crippen LogP) is 0.954. The van der Waals surface area contributed by atoms with E-state index in [1.54, 1.807) is 12.4 Å². The summed E-state index contributed by atoms with van der Waals surface area (Å²) in [4.78, 5) is 22.0. The first-order valence-electron chi connectivity index (χ1n) is 5.24. The van der Waals surface area contributed by atoms with Gasteiger partial charge in [0.25, 0.3) is 0 Å². The van der Waals surface area contributed by atoms with Crippen LogP contribution >= 0.6 is 15.9 Å². The molecule has 0 aromatic carbocycles. The molecular formula is C10H13BrN4O. The summed E-state index contributed by atoms with van der Waals surface area (Å²) >= 11 is 3.29. The Balaban J connectivity index is 2.21. The quantitative estimate of drug-likeness (QED) is 0.898. The second-order valence-corrected chi connectivity index (χ2v) is 4.50. The molecule has 0 spiro atoms. The van der Waals surface area contributed by atoms with E-state index < -0.39 is 0 Å². The highest BCUT2D eigenvalue weighted by Gasteiger charge is 2.30. The van der Waals surface area contributed by atoms with Gasteiger partial charge in [-0.3, -0.25) is 4.79 Å². The number of rotatable bonds is 3. The third-order valence-electron chi connectivity index (χ3n) is 2.60. The van der Waals surface area contributed by atoms with Crippen molar-refractivity contribution in [3.63, 3.8) is 0 Å². The van der Waals surface area contributed by atoms with Crippen LogP contribution in [0.2, 0.25) is 0 Å². The number of carbonyl (C=O) groups is 1. The monoisotopic (exact) mass is 284 g/mol. The van der Waals surface area contributed by atoms with Crippen molar-refractivity contribution < 1.29 is 4.79 Å². The molecule has 86 valence electrons. The van der Waals surface area contributed by atoms with E-state index in [0.717, 1.165) is 24.0 Å². The highest BCUT2D eigenvalue weighted by Crippen LogP contribution is 2.17. The van der Waals surface area contributed by atoms with Crippen LogP contribution in [0.15, 0.2) is 16.9 Å². The van der Waals surface area contributed by atoms with Gasteiger partial charge in [0.2, 0.25) is 11.9 Å². The van der Waals surface area contributed by atoms with Gasteiger partial charge in [0.15, 0.2) is 0 Å². The lowest BCUT2D eigenvalue weighted by atomic mass is 10.2. The second kappa shape index (κ2) is 4.78. The maximum absolute atomic E-state index is 11.6. The minimum absolute atomic E-state index is 0.0633. The van der Waals surface area contributed by atoms with Gasteiger partial charge in [-0.2, -0.15) is 0 Å². The van der Waals surface area contributed by atoms with Gasteiger partial charge >= 0.3 is 0 Å². The average Bonchev–Trinajstić information content (AvgIpc) is 2.69. The van der Waals surface area contributed by atoms with E-state index in [2.05, 4.69) is 31.2 Å². The Morgan fingerprint density at radius 3 is 2.75 bits per heavy atom. The van der Waals surface area contributed by atoms with E-state index in [1.807, 2.05) is 11.8 Å². The van der Waals surface area contributed by atoms with Gasteiger partial charge in [-0.15, -0.1) is 0 Å². The molecule has 1 amide bonds. The summed E-state index contributed by atoms with van der Waals surface area (Å²) in [7, 11) is 0. The number of nitrogens with zero attached hydrogens (tertiary/aromatic N) is 3. The summed E-state index contributed by atoms with van der Waals surface area (Å²) < 4.78 is 0.836. The first-order chi connectivity index (χ1) is 7.72. The number of aromatic nitrogens is 2. The van der Waals surface area contributed by atoms with Crippen LogP contribution in [0.5, 0.6) is 0 Å². The van der Waals surface area contributed by atoms with Crippen molar-refractivity contribution in [3.05, 3.63) is 16.9 Å². The molecule has 2 rings (SSSR count). The summed E-state index contributed by atoms with van der Waals surface area (Å²) in [5.41, 5.74) is 0. The van der Waals surface area contributed by atoms with Crippen molar-refractivity contribution in [2.45, 2.75) is 19.4 Å². The van der Waals surface area contributed by atoms with Crippen molar-refractivity contribution in [2.75, 3.05) is 18.0 Å². The van der Waals surface area contributed by atoms with Gasteiger partial charge in [-0.1, -0.05) is 0 Å². The Kier molecular flexibility index (Phi) is 3.38. The average molecular weight is 285 g/mol. The van der Waals surface area contributed by atoms with E-state index in [1.165, 1.54) is 0 Å². The van der Waals surface area contributed by atoms with E-state index >= 15 is 0 Å². The van der Waals surface area contributed by atoms with Crippen LogP contribution < -0.4 is 10.2 Å². The summed E-state index contributed by atoms with van der Waals surface area (Å²) in [6.07, 6.45) is 4.20. The largest absolute Gasteiger partial charge is 0.354 e. The number of anilines is 1. The zero-order valence-electron chi connectivity index (χ0n) is 8.98. The first-order valence-corrected chi connectivity index (χ1v) is 6.03. The van der Waals surface area contributed by atoms with Gasteiger partial charge < -0.3 is 10.2 Å². The number of amides is 1. The minimum atomic E-state index is -0.133. The Bertz CT molecular complexity index is 381. The smallest absolute Gasteiger partial charge is 0.242 e. The zero-order valence-corrected chi connectivity index (χ0v) is 10.6. The number of hydrogen-bond donors (Lipinski definition) is 1. The molecule has 1 saturated heterocycles. The van der Waals surface area contributed by atoms with Crippen molar-refractivity contribution >= 4 is 27.8 Å². The standard InChI is InChI=1S/C10H13BrN4O/c1-2-15(8-3-4-12-9(8)16)10-13-5-7(11)6-14-10/h5-6,8H,2-4H2,1H3,(H,12,16)/t8-/m1/s1. The molecular weight excluding hydrogens is 272 g/mol. The number of likely N-dealkylation sites (N-methyl/N-ethyl adjacent to an activating group) is 1. The minimum Gasteiger partial charge on any atom is -0.354 e. The number of halogens is 1. The van der Waals surface area contributed by atoms with E-state index in [-0.39, 0.29) is 11.9 Å². The Labute approximate surface area is 102 Å². The lowest BCUT2D eigenvalue weighted by Crippen LogP contribution is -2.41. The fourth-order valence-electron chi connectivity index (χ4n) is 1.83. The van der Waals surface area contributed by atoms with Gasteiger partial charge in [0.1, 0.15) is 6.04 Å². The van der Waals surface area contributed by atoms with Gasteiger partial charge in [0.05, 0.1) is 4.47 Å². The SMILES string of the molecule is CCN(c1ncc(Br)cn1)[C@@H]1CCNC1=O. The third-order valence-corrected chi connectivity index (χ3v) is 3.01. The molecule has 1 aliphatic rings. The number of nitrogens with one attached hydrogen (secondary N) is 1. The highest BCUT2D eigenvalue weighted by molar-refractivity contribution is 9.10. The maximum Gasteiger partial charge on any atom is 0.242 e. The van der Waals surface area contributed by atoms with Gasteiger partial charge in [0, 0.05) is 25.5 Å². The van der Waals surface area contributed by atoms with Crippen LogP contribution in [-0.2, 0) is 4.79 Å². The molecule has 1 fully saturated rings. The molecule has 1 atom stereocenters. The normalized spacial score (nSPS) is 19.6. The van der Waals surface area contributed by atoms with Crippen LogP contribution in [0.3, 0.4) is 0 Å². The zero-order chi connectivity index (χ0) is 11.5. The highest BCUT2D eigenvalue weighted by atomic mass is 79.9. The topological polar surface area (TPSA) is 58.1 Å². The summed E-state index contributed by atoms with van der Waals surface area (Å²) in [5.74, 6) is 0.668. The van der Waals surface area contributed by atoms with Crippen LogP contribution in [0.1, 0.15) is 13.3 Å². The molecule has 0 bridgehead atoms. The van der Waals surface area contributed by atoms with Crippen molar-refractivity contribution in [2.24, 2.45) is 0 Å². The first kappa shape index (κ1) is 11.3. The maximum atomic E-state index is 11.6. The summed E-state index contributed by atoms with van der Waals surface area (Å²) in [6, 6.07) is -0.133. The van der Waals surface area contributed by atoms with Crippen molar-refractivity contribution in [1.29, 1.82) is 0 Å². The van der Waals surface area contributed by atoms with E-state index in [9.17, 15) is 4.79 Å². The number of carbonyl (C=O) groups excluding carboxylic acids is 1. The molecule has 0 saturated carbocycles. The molecule has 0 aliphatic carbocycles. The van der Waals surface area contributed by atoms with E-state index in [4.69, 9.17) is 0 Å². The third kappa shape index (κ3) is 2.16. The second-order valence-electron chi connectivity index (χ2n) is 3.58. The summed E-state index contributed by atoms with van der Waals surface area (Å²) in [6.45, 7) is 3.45. The Morgan fingerprint density at radius 2 is 2.25 bits per heavy atom.